The zero-order valence-electron chi connectivity index (χ0n) is 25.4. The van der Waals surface area contributed by atoms with Gasteiger partial charge in [0.1, 0.15) is 11.5 Å². The maximum atomic E-state index is 6.53. The van der Waals surface area contributed by atoms with Crippen molar-refractivity contribution in [3.63, 3.8) is 0 Å². The predicted octanol–water partition coefficient (Wildman–Crippen LogP) is 11.3. The van der Waals surface area contributed by atoms with Crippen LogP contribution in [0.1, 0.15) is 47.2 Å². The van der Waals surface area contributed by atoms with Crippen LogP contribution in [0.15, 0.2) is 158 Å². The fourth-order valence-corrected chi connectivity index (χ4v) is 8.27. The van der Waals surface area contributed by atoms with Crippen LogP contribution in [0.2, 0.25) is 0 Å². The van der Waals surface area contributed by atoms with E-state index in [0.29, 0.717) is 0 Å². The van der Waals surface area contributed by atoms with Gasteiger partial charge in [-0.2, -0.15) is 0 Å². The monoisotopic (exact) mass is 576 g/mol. The minimum absolute atomic E-state index is 0.223. The first-order chi connectivity index (χ1) is 22.1. The minimum Gasteiger partial charge on any atom is -0.457 e. The van der Waals surface area contributed by atoms with Crippen LogP contribution in [0.3, 0.4) is 0 Å². The molecule has 2 aliphatic rings. The highest BCUT2D eigenvalue weighted by molar-refractivity contribution is 6.04. The van der Waals surface area contributed by atoms with Gasteiger partial charge in [0.15, 0.2) is 0 Å². The average molecular weight is 577 g/mol. The smallest absolute Gasteiger partial charge is 0.132 e. The second-order valence-corrected chi connectivity index (χ2v) is 12.9. The normalized spacial score (nSPS) is 17.1. The molecule has 0 saturated heterocycles. The van der Waals surface area contributed by atoms with E-state index in [0.717, 1.165) is 11.5 Å². The third-order valence-corrected chi connectivity index (χ3v) is 10.2. The lowest BCUT2D eigenvalue weighted by atomic mass is 9.67. The number of benzene rings is 7. The summed E-state index contributed by atoms with van der Waals surface area (Å²) in [6, 6.07) is 57.7. The minimum atomic E-state index is -0.472. The highest BCUT2D eigenvalue weighted by atomic mass is 16.5. The van der Waals surface area contributed by atoms with Crippen LogP contribution >= 0.6 is 0 Å². The zero-order chi connectivity index (χ0) is 30.2. The van der Waals surface area contributed by atoms with E-state index in [9.17, 15) is 0 Å². The summed E-state index contributed by atoms with van der Waals surface area (Å²) < 4.78 is 6.53. The topological polar surface area (TPSA) is 9.23 Å². The number of rotatable bonds is 3. The summed E-state index contributed by atoms with van der Waals surface area (Å²) >= 11 is 0. The highest BCUT2D eigenvalue weighted by Crippen LogP contribution is 2.58. The first-order valence-electron chi connectivity index (χ1n) is 15.8. The fraction of sp³-hybridized carbons (Fsp3) is 0.0909. The molecule has 0 spiro atoms. The number of hydrogen-bond acceptors (Lipinski definition) is 1. The van der Waals surface area contributed by atoms with Crippen molar-refractivity contribution < 1.29 is 4.74 Å². The Morgan fingerprint density at radius 3 is 2.02 bits per heavy atom. The maximum absolute atomic E-state index is 6.53. The largest absolute Gasteiger partial charge is 0.457 e. The molecule has 0 aromatic heterocycles. The Morgan fingerprint density at radius 1 is 0.467 bits per heavy atom. The molecule has 0 saturated carbocycles. The first-order valence-corrected chi connectivity index (χ1v) is 15.8. The first kappa shape index (κ1) is 26.0. The van der Waals surface area contributed by atoms with Gasteiger partial charge in [-0.15, -0.1) is 0 Å². The van der Waals surface area contributed by atoms with Crippen molar-refractivity contribution in [1.82, 2.24) is 0 Å². The number of hydrogen-bond donors (Lipinski definition) is 0. The van der Waals surface area contributed by atoms with E-state index >= 15 is 0 Å². The molecular formula is C44H32O. The molecule has 0 radical (unpaired) electrons. The molecule has 1 heterocycles. The molecule has 9 rings (SSSR count). The Balaban J connectivity index is 1.34. The van der Waals surface area contributed by atoms with Crippen molar-refractivity contribution in [3.8, 4) is 33.8 Å². The second kappa shape index (κ2) is 9.55. The van der Waals surface area contributed by atoms with Crippen molar-refractivity contribution in [2.24, 2.45) is 0 Å². The summed E-state index contributed by atoms with van der Waals surface area (Å²) in [6.07, 6.45) is 0. The van der Waals surface area contributed by atoms with Gasteiger partial charge in [-0.1, -0.05) is 153 Å². The van der Waals surface area contributed by atoms with E-state index in [1.807, 2.05) is 0 Å². The van der Waals surface area contributed by atoms with Crippen molar-refractivity contribution >= 4 is 10.8 Å². The summed E-state index contributed by atoms with van der Waals surface area (Å²) in [5.41, 5.74) is 12.0. The maximum Gasteiger partial charge on any atom is 0.132 e. The Hall–Kier alpha value is -5.40. The van der Waals surface area contributed by atoms with Crippen molar-refractivity contribution in [3.05, 3.63) is 191 Å². The van der Waals surface area contributed by atoms with E-state index in [1.165, 1.54) is 66.4 Å². The van der Waals surface area contributed by atoms with Gasteiger partial charge in [-0.05, 0) is 73.5 Å². The molecule has 214 valence electrons. The lowest BCUT2D eigenvalue weighted by Gasteiger charge is -2.37. The third-order valence-electron chi connectivity index (χ3n) is 10.2. The average Bonchev–Trinajstić information content (AvgIpc) is 3.40. The van der Waals surface area contributed by atoms with E-state index in [2.05, 4.69) is 172 Å². The number of para-hydroxylation sites is 1. The van der Waals surface area contributed by atoms with Crippen molar-refractivity contribution in [2.75, 3.05) is 0 Å². The fourth-order valence-electron chi connectivity index (χ4n) is 8.27. The molecule has 0 N–H and O–H groups in total. The molecule has 45 heavy (non-hydrogen) atoms. The van der Waals surface area contributed by atoms with Crippen LogP contribution in [0.5, 0.6) is 11.5 Å². The van der Waals surface area contributed by atoms with Crippen LogP contribution in [-0.4, -0.2) is 0 Å². The predicted molar refractivity (Wildman–Crippen MR) is 185 cm³/mol. The summed E-state index contributed by atoms with van der Waals surface area (Å²) in [6.45, 7) is 4.64. The van der Waals surface area contributed by atoms with E-state index in [4.69, 9.17) is 4.74 Å². The molecule has 0 fully saturated rings. The quantitative estimate of drug-likeness (QED) is 0.203. The standard InChI is InChI=1S/C44H32O/c1-43(2)37-23-10-11-24-39(37)45-40-25-13-21-34(42(40)43)30-15-12-18-32(28-30)44(31-16-4-3-5-17-31)36-22-9-8-20-35(36)41-33-19-7-6-14-29(33)26-27-38(41)44/h3-28H,1-2H3. The molecule has 1 nitrogen and oxygen atoms in total. The number of fused-ring (bicyclic) bond motifs is 7. The van der Waals surface area contributed by atoms with Crippen molar-refractivity contribution in [1.29, 1.82) is 0 Å². The van der Waals surface area contributed by atoms with Crippen LogP contribution in [-0.2, 0) is 10.8 Å². The van der Waals surface area contributed by atoms with Crippen LogP contribution in [0.25, 0.3) is 33.0 Å². The highest BCUT2D eigenvalue weighted by Gasteiger charge is 2.47. The van der Waals surface area contributed by atoms with Gasteiger partial charge in [0.25, 0.3) is 0 Å². The molecule has 1 heteroatoms. The molecule has 0 amide bonds. The van der Waals surface area contributed by atoms with Crippen molar-refractivity contribution in [2.45, 2.75) is 24.7 Å². The lowest BCUT2D eigenvalue weighted by Crippen LogP contribution is -2.28. The van der Waals surface area contributed by atoms with Gasteiger partial charge in [-0.3, -0.25) is 0 Å². The molecule has 1 atom stereocenters. The van der Waals surface area contributed by atoms with Crippen LogP contribution in [0, 0.1) is 0 Å². The Morgan fingerprint density at radius 2 is 1.13 bits per heavy atom. The molecule has 0 bridgehead atoms. The second-order valence-electron chi connectivity index (χ2n) is 12.9. The molecule has 7 aromatic rings. The summed E-state index contributed by atoms with van der Waals surface area (Å²) in [5, 5.41) is 2.56. The van der Waals surface area contributed by atoms with Gasteiger partial charge in [0.2, 0.25) is 0 Å². The Labute approximate surface area is 264 Å². The third kappa shape index (κ3) is 3.56. The van der Waals surface area contributed by atoms with E-state index < -0.39 is 5.41 Å². The van der Waals surface area contributed by atoms with Gasteiger partial charge >= 0.3 is 0 Å². The molecular weight excluding hydrogens is 544 g/mol. The molecule has 7 aromatic carbocycles. The summed E-state index contributed by atoms with van der Waals surface area (Å²) in [5.74, 6) is 1.87. The van der Waals surface area contributed by atoms with Gasteiger partial charge in [-0.25, -0.2) is 0 Å². The SMILES string of the molecule is CC1(C)c2ccccc2Oc2cccc(-c3cccc(C4(c5ccccc5)c5ccccc5-c5c4ccc4ccccc54)c3)c21. The van der Waals surface area contributed by atoms with E-state index in [1.54, 1.807) is 0 Å². The van der Waals surface area contributed by atoms with E-state index in [-0.39, 0.29) is 5.41 Å². The lowest BCUT2D eigenvalue weighted by molar-refractivity contribution is 0.419. The molecule has 1 unspecified atom stereocenters. The van der Waals surface area contributed by atoms with Gasteiger partial charge in [0, 0.05) is 16.5 Å². The Bertz CT molecular complexity index is 2280. The number of ether oxygens (including phenoxy) is 1. The molecule has 1 aliphatic carbocycles. The summed E-state index contributed by atoms with van der Waals surface area (Å²) in [7, 11) is 0. The van der Waals surface area contributed by atoms with Gasteiger partial charge < -0.3 is 4.74 Å². The molecule has 1 aliphatic heterocycles. The Kier molecular flexibility index (Phi) is 5.53. The zero-order valence-corrected chi connectivity index (χ0v) is 25.4. The van der Waals surface area contributed by atoms with Crippen LogP contribution < -0.4 is 4.74 Å². The summed E-state index contributed by atoms with van der Waals surface area (Å²) in [4.78, 5) is 0. The van der Waals surface area contributed by atoms with Gasteiger partial charge in [0.05, 0.1) is 5.41 Å². The van der Waals surface area contributed by atoms with Crippen LogP contribution in [0.4, 0.5) is 0 Å².